The number of aryl methyl sites for hydroxylation is 1. The van der Waals surface area contributed by atoms with Gasteiger partial charge in [-0.05, 0) is 30.5 Å². The zero-order chi connectivity index (χ0) is 19.9. The number of hydrogen-bond acceptors (Lipinski definition) is 5. The third-order valence-corrected chi connectivity index (χ3v) is 4.20. The van der Waals surface area contributed by atoms with E-state index in [1.165, 1.54) is 17.1 Å². The van der Waals surface area contributed by atoms with Gasteiger partial charge in [-0.1, -0.05) is 36.4 Å². The number of benzene rings is 1. The van der Waals surface area contributed by atoms with E-state index in [0.717, 1.165) is 5.56 Å². The van der Waals surface area contributed by atoms with Crippen LogP contribution in [-0.2, 0) is 16.0 Å². The number of aromatic nitrogens is 3. The second kappa shape index (κ2) is 8.72. The molecule has 1 unspecified atom stereocenters. The lowest BCUT2D eigenvalue weighted by atomic mass is 10.0. The fraction of sp³-hybridized carbons (Fsp3) is 0.150. The van der Waals surface area contributed by atoms with Crippen molar-refractivity contribution < 1.29 is 14.4 Å². The van der Waals surface area contributed by atoms with Gasteiger partial charge in [0.25, 0.3) is 11.8 Å². The van der Waals surface area contributed by atoms with Crippen molar-refractivity contribution in [1.29, 1.82) is 0 Å². The third kappa shape index (κ3) is 4.47. The largest absolute Gasteiger partial charge is 0.363 e. The number of rotatable bonds is 8. The summed E-state index contributed by atoms with van der Waals surface area (Å²) < 4.78 is 1.50. The summed E-state index contributed by atoms with van der Waals surface area (Å²) in [4.78, 5) is 44.5. The lowest BCUT2D eigenvalue weighted by Crippen LogP contribution is -2.46. The van der Waals surface area contributed by atoms with Crippen LogP contribution in [0.5, 0.6) is 0 Å². The third-order valence-electron chi connectivity index (χ3n) is 4.20. The van der Waals surface area contributed by atoms with Gasteiger partial charge in [0.15, 0.2) is 0 Å². The zero-order valence-electron chi connectivity index (χ0n) is 15.0. The number of hydrogen-bond donors (Lipinski definition) is 2. The van der Waals surface area contributed by atoms with Crippen molar-refractivity contribution in [3.05, 3.63) is 78.5 Å². The highest BCUT2D eigenvalue weighted by Gasteiger charge is 2.26. The molecule has 2 heterocycles. The zero-order valence-corrected chi connectivity index (χ0v) is 15.0. The lowest BCUT2D eigenvalue weighted by molar-refractivity contribution is -0.137. The summed E-state index contributed by atoms with van der Waals surface area (Å²) in [6.45, 7) is 0. The quantitative estimate of drug-likeness (QED) is 0.569. The summed E-state index contributed by atoms with van der Waals surface area (Å²) in [6.07, 6.45) is 5.16. The van der Waals surface area contributed by atoms with Crippen LogP contribution in [0.3, 0.4) is 0 Å². The Morgan fingerprint density at radius 2 is 1.82 bits per heavy atom. The fourth-order valence-corrected chi connectivity index (χ4v) is 2.77. The summed E-state index contributed by atoms with van der Waals surface area (Å²) >= 11 is 0. The summed E-state index contributed by atoms with van der Waals surface area (Å²) in [5.74, 6) is -1.96. The molecular weight excluding hydrogens is 358 g/mol. The molecule has 0 aliphatic rings. The molecule has 2 aromatic heterocycles. The molecule has 1 aromatic carbocycles. The average molecular weight is 377 g/mol. The van der Waals surface area contributed by atoms with E-state index in [0.29, 0.717) is 12.2 Å². The first-order valence-corrected chi connectivity index (χ1v) is 8.68. The fourth-order valence-electron chi connectivity index (χ4n) is 2.77. The van der Waals surface area contributed by atoms with Gasteiger partial charge in [-0.2, -0.15) is 0 Å². The van der Waals surface area contributed by atoms with Crippen LogP contribution < -0.4 is 11.1 Å². The Labute approximate surface area is 161 Å². The molecule has 0 aliphatic heterocycles. The minimum Gasteiger partial charge on any atom is -0.363 e. The minimum absolute atomic E-state index is 0.195. The van der Waals surface area contributed by atoms with Gasteiger partial charge in [0.05, 0.1) is 12.2 Å². The number of primary amides is 1. The smallest absolute Gasteiger partial charge is 0.287 e. The Bertz CT molecular complexity index is 970. The number of amides is 2. The molecule has 3 aromatic rings. The van der Waals surface area contributed by atoms with E-state index in [1.54, 1.807) is 24.4 Å². The first-order valence-electron chi connectivity index (χ1n) is 8.68. The first kappa shape index (κ1) is 19.0. The highest BCUT2D eigenvalue weighted by Crippen LogP contribution is 2.10. The Hall–Kier alpha value is -3.81. The Kier molecular flexibility index (Phi) is 5.91. The molecular formula is C20H19N5O3. The van der Waals surface area contributed by atoms with Crippen LogP contribution in [0.15, 0.2) is 67.3 Å². The van der Waals surface area contributed by atoms with Crippen molar-refractivity contribution in [3.63, 3.8) is 0 Å². The standard InChI is InChI=1S/C20H19N5O3/c21-19(27)18(26)15(10-9-14-6-2-1-3-7-14)24-20(28)16-12-22-13-25(16)17-8-4-5-11-23-17/h1-8,11-13,15H,9-10H2,(H2,21,27)(H,24,28). The molecule has 2 amide bonds. The van der Waals surface area contributed by atoms with E-state index in [4.69, 9.17) is 5.73 Å². The van der Waals surface area contributed by atoms with Gasteiger partial charge >= 0.3 is 0 Å². The summed E-state index contributed by atoms with van der Waals surface area (Å²) in [6, 6.07) is 13.7. The second-order valence-corrected chi connectivity index (χ2v) is 6.12. The van der Waals surface area contributed by atoms with Gasteiger partial charge in [-0.25, -0.2) is 9.97 Å². The minimum atomic E-state index is -1.09. The van der Waals surface area contributed by atoms with Crippen molar-refractivity contribution in [3.8, 4) is 5.82 Å². The van der Waals surface area contributed by atoms with Gasteiger partial charge in [0, 0.05) is 6.20 Å². The molecule has 8 heteroatoms. The van der Waals surface area contributed by atoms with Crippen LogP contribution >= 0.6 is 0 Å². The lowest BCUT2D eigenvalue weighted by Gasteiger charge is -2.16. The van der Waals surface area contributed by atoms with E-state index in [1.807, 2.05) is 30.3 Å². The molecule has 0 fully saturated rings. The van der Waals surface area contributed by atoms with Crippen LogP contribution in [0.2, 0.25) is 0 Å². The van der Waals surface area contributed by atoms with E-state index in [9.17, 15) is 14.4 Å². The normalized spacial score (nSPS) is 11.6. The monoisotopic (exact) mass is 377 g/mol. The number of pyridine rings is 1. The van der Waals surface area contributed by atoms with Crippen LogP contribution in [0, 0.1) is 0 Å². The van der Waals surface area contributed by atoms with Crippen molar-refractivity contribution in [2.75, 3.05) is 0 Å². The summed E-state index contributed by atoms with van der Waals surface area (Å²) in [7, 11) is 0. The molecule has 1 atom stereocenters. The Morgan fingerprint density at radius 1 is 1.07 bits per heavy atom. The molecule has 0 saturated heterocycles. The van der Waals surface area contributed by atoms with Crippen molar-refractivity contribution in [2.24, 2.45) is 5.73 Å². The first-order chi connectivity index (χ1) is 13.6. The number of nitrogens with two attached hydrogens (primary N) is 1. The number of nitrogens with zero attached hydrogens (tertiary/aromatic N) is 3. The van der Waals surface area contributed by atoms with Crippen LogP contribution in [0.25, 0.3) is 5.82 Å². The van der Waals surface area contributed by atoms with Crippen LogP contribution in [0.4, 0.5) is 0 Å². The number of ketones is 1. The van der Waals surface area contributed by atoms with E-state index < -0.39 is 23.6 Å². The van der Waals surface area contributed by atoms with Crippen molar-refractivity contribution in [2.45, 2.75) is 18.9 Å². The molecule has 0 spiro atoms. The number of carbonyl (C=O) groups is 3. The highest BCUT2D eigenvalue weighted by molar-refractivity contribution is 6.37. The number of carbonyl (C=O) groups excluding carboxylic acids is 3. The van der Waals surface area contributed by atoms with Gasteiger partial charge in [-0.3, -0.25) is 19.0 Å². The Morgan fingerprint density at radius 3 is 2.50 bits per heavy atom. The van der Waals surface area contributed by atoms with Gasteiger partial charge < -0.3 is 11.1 Å². The predicted octanol–water partition coefficient (Wildman–Crippen LogP) is 1.05. The maximum Gasteiger partial charge on any atom is 0.287 e. The summed E-state index contributed by atoms with van der Waals surface area (Å²) in [5, 5.41) is 2.60. The maximum atomic E-state index is 12.7. The van der Waals surface area contributed by atoms with Gasteiger partial charge in [-0.15, -0.1) is 0 Å². The van der Waals surface area contributed by atoms with Crippen molar-refractivity contribution in [1.82, 2.24) is 19.9 Å². The highest BCUT2D eigenvalue weighted by atomic mass is 16.2. The maximum absolute atomic E-state index is 12.7. The number of Topliss-reactive ketones (excluding diaryl/α,β-unsaturated/α-hetero) is 1. The number of imidazole rings is 1. The van der Waals surface area contributed by atoms with Crippen molar-refractivity contribution >= 4 is 17.6 Å². The van der Waals surface area contributed by atoms with Gasteiger partial charge in [0.2, 0.25) is 5.78 Å². The predicted molar refractivity (Wildman–Crippen MR) is 102 cm³/mol. The SMILES string of the molecule is NC(=O)C(=O)C(CCc1ccccc1)NC(=O)c1cncn1-c1ccccn1. The molecule has 0 saturated carbocycles. The topological polar surface area (TPSA) is 120 Å². The average Bonchev–Trinajstić information content (AvgIpc) is 3.22. The summed E-state index contributed by atoms with van der Waals surface area (Å²) in [5.41, 5.74) is 6.33. The molecule has 3 N–H and O–H groups in total. The van der Waals surface area contributed by atoms with Crippen LogP contribution in [-0.4, -0.2) is 38.2 Å². The van der Waals surface area contributed by atoms with Crippen LogP contribution in [0.1, 0.15) is 22.5 Å². The molecule has 0 aliphatic carbocycles. The molecule has 28 heavy (non-hydrogen) atoms. The molecule has 0 radical (unpaired) electrons. The molecule has 3 rings (SSSR count). The molecule has 8 nitrogen and oxygen atoms in total. The van der Waals surface area contributed by atoms with Gasteiger partial charge in [0.1, 0.15) is 17.8 Å². The van der Waals surface area contributed by atoms with E-state index in [2.05, 4.69) is 15.3 Å². The van der Waals surface area contributed by atoms with E-state index >= 15 is 0 Å². The molecule has 142 valence electrons. The number of nitrogens with one attached hydrogen (secondary N) is 1. The second-order valence-electron chi connectivity index (χ2n) is 6.12. The Balaban J connectivity index is 1.77. The molecule has 0 bridgehead atoms. The van der Waals surface area contributed by atoms with E-state index in [-0.39, 0.29) is 12.1 Å².